The van der Waals surface area contributed by atoms with Crippen LogP contribution in [0.4, 0.5) is 0 Å². The van der Waals surface area contributed by atoms with Gasteiger partial charge in [0.2, 0.25) is 0 Å². The molecular formula is C6H8N2O3. The number of hydrogen-bond acceptors (Lipinski definition) is 4. The third kappa shape index (κ3) is 3.92. The molecule has 5 heteroatoms. The molecule has 5 nitrogen and oxygen atoms in total. The number of nitriles is 1. The van der Waals surface area contributed by atoms with Gasteiger partial charge in [0, 0.05) is 6.54 Å². The molecule has 0 spiro atoms. The van der Waals surface area contributed by atoms with E-state index in [2.05, 4.69) is 10.1 Å². The molecule has 0 aromatic carbocycles. The second kappa shape index (κ2) is 5.23. The Bertz CT molecular complexity index is 194. The molecule has 0 unspecified atom stereocenters. The molecule has 0 radical (unpaired) electrons. The molecule has 0 heterocycles. The van der Waals surface area contributed by atoms with Crippen LogP contribution in [-0.4, -0.2) is 25.5 Å². The number of amides is 1. The molecule has 60 valence electrons. The summed E-state index contributed by atoms with van der Waals surface area (Å²) < 4.78 is 4.11. The van der Waals surface area contributed by atoms with Crippen LogP contribution in [0, 0.1) is 11.3 Å². The summed E-state index contributed by atoms with van der Waals surface area (Å²) in [7, 11) is 1.12. The Morgan fingerprint density at radius 3 is 2.73 bits per heavy atom. The Morgan fingerprint density at radius 1 is 1.64 bits per heavy atom. The largest absolute Gasteiger partial charge is 0.462 e. The lowest BCUT2D eigenvalue weighted by Crippen LogP contribution is -2.32. The fourth-order valence-corrected chi connectivity index (χ4v) is 0.397. The number of nitrogens with one attached hydrogen (secondary N) is 1. The van der Waals surface area contributed by atoms with E-state index in [0.717, 1.165) is 7.11 Å². The van der Waals surface area contributed by atoms with E-state index in [-0.39, 0.29) is 13.0 Å². The summed E-state index contributed by atoms with van der Waals surface area (Å²) in [6.45, 7) is 0.171. The van der Waals surface area contributed by atoms with E-state index in [1.165, 1.54) is 0 Å². The van der Waals surface area contributed by atoms with Gasteiger partial charge >= 0.3 is 11.9 Å². The molecule has 0 aromatic rings. The Morgan fingerprint density at radius 2 is 2.27 bits per heavy atom. The van der Waals surface area contributed by atoms with Crippen LogP contribution < -0.4 is 5.32 Å². The van der Waals surface area contributed by atoms with Gasteiger partial charge in [-0.25, -0.2) is 4.79 Å². The lowest BCUT2D eigenvalue weighted by molar-refractivity contribution is -0.152. The number of nitrogens with zero attached hydrogens (tertiary/aromatic N) is 1. The number of esters is 1. The Labute approximate surface area is 63.9 Å². The van der Waals surface area contributed by atoms with Crippen LogP contribution in [0.15, 0.2) is 0 Å². The standard InChI is InChI=1S/C6H8N2O3/c1-11-6(10)5(9)8-4-2-3-7/h2,4H2,1H3,(H,8,9). The first-order chi connectivity index (χ1) is 5.22. The average molecular weight is 156 g/mol. The minimum absolute atomic E-state index is 0.171. The molecule has 1 amide bonds. The SMILES string of the molecule is COC(=O)C(=O)NCCC#N. The molecule has 1 N–H and O–H groups in total. The van der Waals surface area contributed by atoms with Gasteiger partial charge in [-0.1, -0.05) is 0 Å². The van der Waals surface area contributed by atoms with Crippen molar-refractivity contribution in [3.63, 3.8) is 0 Å². The fraction of sp³-hybridized carbons (Fsp3) is 0.500. The van der Waals surface area contributed by atoms with Crippen LogP contribution in [0.5, 0.6) is 0 Å². The average Bonchev–Trinajstić information content (AvgIpc) is 2.03. The van der Waals surface area contributed by atoms with Crippen molar-refractivity contribution in [2.24, 2.45) is 0 Å². The number of rotatable bonds is 2. The first-order valence-corrected chi connectivity index (χ1v) is 2.95. The Kier molecular flexibility index (Phi) is 4.49. The van der Waals surface area contributed by atoms with Crippen molar-refractivity contribution in [1.29, 1.82) is 5.26 Å². The second-order valence-electron chi connectivity index (χ2n) is 1.66. The minimum Gasteiger partial charge on any atom is -0.462 e. The molecule has 11 heavy (non-hydrogen) atoms. The molecular weight excluding hydrogens is 148 g/mol. The molecule has 0 rings (SSSR count). The van der Waals surface area contributed by atoms with Crippen LogP contribution >= 0.6 is 0 Å². The van der Waals surface area contributed by atoms with E-state index < -0.39 is 11.9 Å². The number of methoxy groups -OCH3 is 1. The van der Waals surface area contributed by atoms with E-state index in [1.807, 2.05) is 6.07 Å². The van der Waals surface area contributed by atoms with Crippen LogP contribution in [0.25, 0.3) is 0 Å². The summed E-state index contributed by atoms with van der Waals surface area (Å²) >= 11 is 0. The van der Waals surface area contributed by atoms with E-state index in [0.29, 0.717) is 0 Å². The predicted octanol–water partition coefficient (Wildman–Crippen LogP) is -0.811. The van der Waals surface area contributed by atoms with Crippen molar-refractivity contribution >= 4 is 11.9 Å². The van der Waals surface area contributed by atoms with Crippen molar-refractivity contribution in [3.05, 3.63) is 0 Å². The highest BCUT2D eigenvalue weighted by Crippen LogP contribution is 1.75. The van der Waals surface area contributed by atoms with Crippen molar-refractivity contribution in [3.8, 4) is 6.07 Å². The van der Waals surface area contributed by atoms with Gasteiger partial charge in [0.05, 0.1) is 19.6 Å². The van der Waals surface area contributed by atoms with Crippen LogP contribution in [-0.2, 0) is 14.3 Å². The molecule has 0 aliphatic rings. The maximum atomic E-state index is 10.6. The number of hydrogen-bond donors (Lipinski definition) is 1. The zero-order valence-corrected chi connectivity index (χ0v) is 6.09. The molecule has 0 atom stereocenters. The lowest BCUT2D eigenvalue weighted by Gasteiger charge is -1.98. The first-order valence-electron chi connectivity index (χ1n) is 2.95. The van der Waals surface area contributed by atoms with Gasteiger partial charge in [-0.05, 0) is 0 Å². The summed E-state index contributed by atoms with van der Waals surface area (Å²) in [5.74, 6) is -1.76. The molecule has 0 bridgehead atoms. The lowest BCUT2D eigenvalue weighted by atomic mass is 10.4. The third-order valence-electron chi connectivity index (χ3n) is 0.893. The number of ether oxygens (including phenoxy) is 1. The van der Waals surface area contributed by atoms with Gasteiger partial charge < -0.3 is 10.1 Å². The molecule has 0 aliphatic carbocycles. The smallest absolute Gasteiger partial charge is 0.396 e. The summed E-state index contributed by atoms with van der Waals surface area (Å²) in [6.07, 6.45) is 0.183. The topological polar surface area (TPSA) is 79.2 Å². The van der Waals surface area contributed by atoms with E-state index in [4.69, 9.17) is 5.26 Å². The Balaban J connectivity index is 3.54. The maximum absolute atomic E-state index is 10.6. The highest BCUT2D eigenvalue weighted by Gasteiger charge is 2.11. The highest BCUT2D eigenvalue weighted by molar-refractivity contribution is 6.32. The van der Waals surface area contributed by atoms with Crippen molar-refractivity contribution < 1.29 is 14.3 Å². The van der Waals surface area contributed by atoms with Gasteiger partial charge in [0.1, 0.15) is 0 Å². The maximum Gasteiger partial charge on any atom is 0.396 e. The second-order valence-corrected chi connectivity index (χ2v) is 1.66. The van der Waals surface area contributed by atoms with E-state index >= 15 is 0 Å². The molecule has 0 saturated heterocycles. The molecule has 0 aromatic heterocycles. The van der Waals surface area contributed by atoms with Gasteiger partial charge in [0.25, 0.3) is 0 Å². The summed E-state index contributed by atoms with van der Waals surface area (Å²) in [5, 5.41) is 10.3. The fourth-order valence-electron chi connectivity index (χ4n) is 0.397. The first kappa shape index (κ1) is 9.43. The third-order valence-corrected chi connectivity index (χ3v) is 0.893. The number of carbonyl (C=O) groups excluding carboxylic acids is 2. The molecule has 0 aliphatic heterocycles. The zero-order valence-electron chi connectivity index (χ0n) is 6.09. The highest BCUT2D eigenvalue weighted by atomic mass is 16.5. The van der Waals surface area contributed by atoms with Crippen molar-refractivity contribution in [2.45, 2.75) is 6.42 Å². The van der Waals surface area contributed by atoms with Crippen molar-refractivity contribution in [2.75, 3.05) is 13.7 Å². The van der Waals surface area contributed by atoms with Crippen LogP contribution in [0.2, 0.25) is 0 Å². The van der Waals surface area contributed by atoms with Gasteiger partial charge in [0.15, 0.2) is 0 Å². The Hall–Kier alpha value is -1.57. The summed E-state index contributed by atoms with van der Waals surface area (Å²) in [5.41, 5.74) is 0. The van der Waals surface area contributed by atoms with Gasteiger partial charge in [-0.3, -0.25) is 4.79 Å². The van der Waals surface area contributed by atoms with E-state index in [1.54, 1.807) is 0 Å². The van der Waals surface area contributed by atoms with Crippen molar-refractivity contribution in [1.82, 2.24) is 5.32 Å². The van der Waals surface area contributed by atoms with Crippen LogP contribution in [0.3, 0.4) is 0 Å². The predicted molar refractivity (Wildman–Crippen MR) is 35.3 cm³/mol. The number of carbonyl (C=O) groups is 2. The monoisotopic (exact) mass is 156 g/mol. The normalized spacial score (nSPS) is 8.00. The summed E-state index contributed by atoms with van der Waals surface area (Å²) in [6, 6.07) is 1.81. The molecule has 0 fully saturated rings. The zero-order chi connectivity index (χ0) is 8.69. The minimum atomic E-state index is -0.942. The van der Waals surface area contributed by atoms with Gasteiger partial charge in [-0.2, -0.15) is 5.26 Å². The van der Waals surface area contributed by atoms with E-state index in [9.17, 15) is 9.59 Å². The van der Waals surface area contributed by atoms with Gasteiger partial charge in [-0.15, -0.1) is 0 Å². The quantitative estimate of drug-likeness (QED) is 0.322. The summed E-state index contributed by atoms with van der Waals surface area (Å²) in [4.78, 5) is 20.9. The molecule has 0 saturated carbocycles. The van der Waals surface area contributed by atoms with Crippen LogP contribution in [0.1, 0.15) is 6.42 Å².